The molecule has 0 saturated heterocycles. The Bertz CT molecular complexity index is 369. The summed E-state index contributed by atoms with van der Waals surface area (Å²) in [6, 6.07) is 10.3. The standard InChI is InChI=1S/C16H24N2/c1-18(14-7-3-4-8-14)15-11-10-13-6-2-5-9-16(13)17-12-15/h2,5-6,9,14-15,17H,3-4,7-8,10-12H2,1H3. The fourth-order valence-corrected chi connectivity index (χ4v) is 3.52. The highest BCUT2D eigenvalue weighted by molar-refractivity contribution is 5.52. The third kappa shape index (κ3) is 2.39. The van der Waals surface area contributed by atoms with E-state index in [-0.39, 0.29) is 0 Å². The summed E-state index contributed by atoms with van der Waals surface area (Å²) in [6.07, 6.45) is 8.16. The number of hydrogen-bond acceptors (Lipinski definition) is 2. The van der Waals surface area contributed by atoms with Gasteiger partial charge in [0.2, 0.25) is 0 Å². The molecule has 1 unspecified atom stereocenters. The smallest absolute Gasteiger partial charge is 0.0373 e. The molecule has 2 nitrogen and oxygen atoms in total. The molecule has 1 fully saturated rings. The van der Waals surface area contributed by atoms with Crippen molar-refractivity contribution < 1.29 is 0 Å². The summed E-state index contributed by atoms with van der Waals surface area (Å²) < 4.78 is 0. The number of nitrogens with zero attached hydrogens (tertiary/aromatic N) is 1. The molecule has 2 aliphatic rings. The number of anilines is 1. The monoisotopic (exact) mass is 244 g/mol. The zero-order chi connectivity index (χ0) is 12.4. The lowest BCUT2D eigenvalue weighted by atomic mass is 10.0. The van der Waals surface area contributed by atoms with E-state index in [0.717, 1.165) is 12.6 Å². The van der Waals surface area contributed by atoms with Crippen LogP contribution in [0.4, 0.5) is 5.69 Å². The van der Waals surface area contributed by atoms with Gasteiger partial charge in [-0.2, -0.15) is 0 Å². The van der Waals surface area contributed by atoms with Crippen molar-refractivity contribution in [2.45, 2.75) is 50.6 Å². The Morgan fingerprint density at radius 1 is 1.06 bits per heavy atom. The molecule has 0 spiro atoms. The van der Waals surface area contributed by atoms with Crippen LogP contribution >= 0.6 is 0 Å². The van der Waals surface area contributed by atoms with Crippen LogP contribution in [0, 0.1) is 0 Å². The number of hydrogen-bond donors (Lipinski definition) is 1. The van der Waals surface area contributed by atoms with E-state index in [1.54, 1.807) is 0 Å². The van der Waals surface area contributed by atoms with Gasteiger partial charge in [0.1, 0.15) is 0 Å². The fourth-order valence-electron chi connectivity index (χ4n) is 3.52. The van der Waals surface area contributed by atoms with Crippen LogP contribution < -0.4 is 5.32 Å². The van der Waals surface area contributed by atoms with Crippen LogP contribution in [-0.4, -0.2) is 30.6 Å². The lowest BCUT2D eigenvalue weighted by Gasteiger charge is -2.32. The number of aryl methyl sites for hydroxylation is 1. The van der Waals surface area contributed by atoms with Gasteiger partial charge in [-0.05, 0) is 44.4 Å². The third-order valence-corrected chi connectivity index (χ3v) is 4.77. The molecular weight excluding hydrogens is 220 g/mol. The van der Waals surface area contributed by atoms with Crippen molar-refractivity contribution in [3.63, 3.8) is 0 Å². The van der Waals surface area contributed by atoms with Gasteiger partial charge in [0, 0.05) is 24.3 Å². The molecule has 1 aliphatic heterocycles. The quantitative estimate of drug-likeness (QED) is 0.859. The Kier molecular flexibility index (Phi) is 3.55. The molecule has 0 amide bonds. The summed E-state index contributed by atoms with van der Waals surface area (Å²) in [4.78, 5) is 2.64. The van der Waals surface area contributed by atoms with E-state index in [1.807, 2.05) is 0 Å². The van der Waals surface area contributed by atoms with Gasteiger partial charge in [-0.25, -0.2) is 0 Å². The summed E-state index contributed by atoms with van der Waals surface area (Å²) >= 11 is 0. The number of para-hydroxylation sites is 1. The molecule has 1 aromatic rings. The molecule has 0 bridgehead atoms. The molecule has 18 heavy (non-hydrogen) atoms. The molecule has 3 rings (SSSR count). The zero-order valence-corrected chi connectivity index (χ0v) is 11.4. The summed E-state index contributed by atoms with van der Waals surface area (Å²) in [6.45, 7) is 1.10. The molecule has 0 radical (unpaired) electrons. The van der Waals surface area contributed by atoms with Crippen LogP contribution in [0.1, 0.15) is 37.7 Å². The molecule has 1 atom stereocenters. The molecule has 1 N–H and O–H groups in total. The lowest BCUT2D eigenvalue weighted by molar-refractivity contribution is 0.175. The first-order chi connectivity index (χ1) is 8.84. The van der Waals surface area contributed by atoms with Crippen molar-refractivity contribution in [3.8, 4) is 0 Å². The van der Waals surface area contributed by atoms with E-state index in [1.165, 1.54) is 49.8 Å². The number of nitrogens with one attached hydrogen (secondary N) is 1. The Balaban J connectivity index is 1.67. The topological polar surface area (TPSA) is 15.3 Å². The predicted octanol–water partition coefficient (Wildman–Crippen LogP) is 3.29. The molecule has 1 aromatic carbocycles. The van der Waals surface area contributed by atoms with Crippen molar-refractivity contribution in [1.82, 2.24) is 4.90 Å². The maximum absolute atomic E-state index is 3.64. The minimum Gasteiger partial charge on any atom is -0.383 e. The van der Waals surface area contributed by atoms with E-state index in [9.17, 15) is 0 Å². The third-order valence-electron chi connectivity index (χ3n) is 4.77. The number of likely N-dealkylation sites (N-methyl/N-ethyl adjacent to an activating group) is 1. The second-order valence-electron chi connectivity index (χ2n) is 5.83. The van der Waals surface area contributed by atoms with E-state index in [0.29, 0.717) is 6.04 Å². The lowest BCUT2D eigenvalue weighted by Crippen LogP contribution is -2.42. The number of fused-ring (bicyclic) bond motifs is 1. The number of rotatable bonds is 2. The molecule has 1 heterocycles. The molecule has 1 aliphatic carbocycles. The van der Waals surface area contributed by atoms with Crippen LogP contribution in [0.3, 0.4) is 0 Å². The molecule has 98 valence electrons. The van der Waals surface area contributed by atoms with Gasteiger partial charge in [0.05, 0.1) is 0 Å². The second kappa shape index (κ2) is 5.31. The van der Waals surface area contributed by atoms with Gasteiger partial charge in [-0.3, -0.25) is 4.90 Å². The van der Waals surface area contributed by atoms with Gasteiger partial charge < -0.3 is 5.32 Å². The van der Waals surface area contributed by atoms with Crippen molar-refractivity contribution in [2.24, 2.45) is 0 Å². The van der Waals surface area contributed by atoms with E-state index in [2.05, 4.69) is 41.5 Å². The van der Waals surface area contributed by atoms with Crippen molar-refractivity contribution >= 4 is 5.69 Å². The first-order valence-electron chi connectivity index (χ1n) is 7.38. The van der Waals surface area contributed by atoms with E-state index < -0.39 is 0 Å². The van der Waals surface area contributed by atoms with Gasteiger partial charge in [-0.1, -0.05) is 31.0 Å². The normalized spacial score (nSPS) is 24.7. The first-order valence-corrected chi connectivity index (χ1v) is 7.38. The molecular formula is C16H24N2. The molecule has 1 saturated carbocycles. The Hall–Kier alpha value is -1.02. The Labute approximate surface area is 110 Å². The number of benzene rings is 1. The first kappa shape index (κ1) is 12.0. The van der Waals surface area contributed by atoms with Crippen LogP contribution in [0.15, 0.2) is 24.3 Å². The van der Waals surface area contributed by atoms with Gasteiger partial charge in [0.25, 0.3) is 0 Å². The van der Waals surface area contributed by atoms with Gasteiger partial charge >= 0.3 is 0 Å². The molecule has 2 heteroatoms. The molecule has 0 aromatic heterocycles. The van der Waals surface area contributed by atoms with Gasteiger partial charge in [-0.15, -0.1) is 0 Å². The van der Waals surface area contributed by atoms with Crippen molar-refractivity contribution in [1.29, 1.82) is 0 Å². The summed E-state index contributed by atoms with van der Waals surface area (Å²) in [7, 11) is 2.33. The Morgan fingerprint density at radius 3 is 2.67 bits per heavy atom. The van der Waals surface area contributed by atoms with E-state index >= 15 is 0 Å². The van der Waals surface area contributed by atoms with Crippen LogP contribution in [0.2, 0.25) is 0 Å². The zero-order valence-electron chi connectivity index (χ0n) is 11.4. The predicted molar refractivity (Wildman–Crippen MR) is 77.1 cm³/mol. The highest BCUT2D eigenvalue weighted by atomic mass is 15.2. The minimum atomic E-state index is 0.695. The maximum Gasteiger partial charge on any atom is 0.0373 e. The SMILES string of the molecule is CN(C1CCCC1)C1CCc2ccccc2NC1. The fraction of sp³-hybridized carbons (Fsp3) is 0.625. The average molecular weight is 244 g/mol. The highest BCUT2D eigenvalue weighted by Crippen LogP contribution is 2.27. The summed E-state index contributed by atoms with van der Waals surface area (Å²) in [5.74, 6) is 0. The van der Waals surface area contributed by atoms with Crippen LogP contribution in [0.25, 0.3) is 0 Å². The second-order valence-corrected chi connectivity index (χ2v) is 5.83. The van der Waals surface area contributed by atoms with E-state index in [4.69, 9.17) is 0 Å². The summed E-state index contributed by atoms with van der Waals surface area (Å²) in [5.41, 5.74) is 2.83. The average Bonchev–Trinajstić information content (AvgIpc) is 2.85. The van der Waals surface area contributed by atoms with Crippen LogP contribution in [0.5, 0.6) is 0 Å². The minimum absolute atomic E-state index is 0.695. The summed E-state index contributed by atoms with van der Waals surface area (Å²) in [5, 5.41) is 3.64. The maximum atomic E-state index is 3.64. The van der Waals surface area contributed by atoms with Gasteiger partial charge in [0.15, 0.2) is 0 Å². The highest BCUT2D eigenvalue weighted by Gasteiger charge is 2.26. The Morgan fingerprint density at radius 2 is 1.83 bits per heavy atom. The largest absolute Gasteiger partial charge is 0.383 e. The van der Waals surface area contributed by atoms with Crippen molar-refractivity contribution in [3.05, 3.63) is 29.8 Å². The van der Waals surface area contributed by atoms with Crippen LogP contribution in [-0.2, 0) is 6.42 Å². The van der Waals surface area contributed by atoms with Crippen molar-refractivity contribution in [2.75, 3.05) is 18.9 Å².